The summed E-state index contributed by atoms with van der Waals surface area (Å²) in [6.45, 7) is 1.52. The molecule has 0 N–H and O–H groups in total. The summed E-state index contributed by atoms with van der Waals surface area (Å²) in [6, 6.07) is 12.5. The zero-order valence-corrected chi connectivity index (χ0v) is 14.8. The molecule has 0 aliphatic carbocycles. The highest BCUT2D eigenvalue weighted by Crippen LogP contribution is 2.29. The maximum absolute atomic E-state index is 12.6. The summed E-state index contributed by atoms with van der Waals surface area (Å²) in [5.74, 6) is 1.41. The van der Waals surface area contributed by atoms with Crippen LogP contribution in [-0.4, -0.2) is 55.2 Å². The van der Waals surface area contributed by atoms with Crippen molar-refractivity contribution < 1.29 is 14.3 Å². The molecule has 2 heterocycles. The Balaban J connectivity index is 1.48. The Hall–Kier alpha value is -2.27. The summed E-state index contributed by atoms with van der Waals surface area (Å²) in [5, 5.41) is 2.09. The average molecular weight is 340 g/mol. The van der Waals surface area contributed by atoms with Crippen LogP contribution in [0.2, 0.25) is 0 Å². The van der Waals surface area contributed by atoms with Crippen LogP contribution < -0.4 is 9.47 Å². The maximum Gasteiger partial charge on any atom is 0.415 e. The molecular weight excluding hydrogens is 316 g/mol. The molecule has 2 saturated heterocycles. The summed E-state index contributed by atoms with van der Waals surface area (Å²) in [4.78, 5) is 16.9. The Morgan fingerprint density at radius 2 is 1.60 bits per heavy atom. The molecule has 0 saturated carbocycles. The van der Waals surface area contributed by atoms with Gasteiger partial charge in [-0.15, -0.1) is 0 Å². The number of carbonyl (C=O) groups is 1. The second kappa shape index (κ2) is 6.56. The van der Waals surface area contributed by atoms with Gasteiger partial charge >= 0.3 is 6.09 Å². The van der Waals surface area contributed by atoms with Crippen LogP contribution in [-0.2, 0) is 0 Å². The van der Waals surface area contributed by atoms with Crippen LogP contribution in [0, 0.1) is 0 Å². The number of methoxy groups -OCH3 is 1. The molecule has 5 nitrogen and oxygen atoms in total. The minimum Gasteiger partial charge on any atom is -0.497 e. The van der Waals surface area contributed by atoms with Gasteiger partial charge in [-0.2, -0.15) is 0 Å². The van der Waals surface area contributed by atoms with Crippen molar-refractivity contribution in [2.75, 3.05) is 27.2 Å². The molecule has 1 amide bonds. The van der Waals surface area contributed by atoms with Crippen LogP contribution in [0.3, 0.4) is 0 Å². The summed E-state index contributed by atoms with van der Waals surface area (Å²) >= 11 is 0. The topological polar surface area (TPSA) is 42.0 Å². The minimum atomic E-state index is -0.238. The van der Waals surface area contributed by atoms with Crippen molar-refractivity contribution in [3.63, 3.8) is 0 Å². The Bertz CT molecular complexity index is 778. The van der Waals surface area contributed by atoms with Gasteiger partial charge in [0.2, 0.25) is 0 Å². The first-order chi connectivity index (χ1) is 12.1. The highest BCUT2D eigenvalue weighted by atomic mass is 16.6. The summed E-state index contributed by atoms with van der Waals surface area (Å²) in [6.07, 6.45) is 3.35. The molecule has 25 heavy (non-hydrogen) atoms. The van der Waals surface area contributed by atoms with Crippen molar-refractivity contribution in [2.45, 2.75) is 31.3 Å². The molecule has 2 fully saturated rings. The molecule has 0 spiro atoms. The minimum absolute atomic E-state index is 0.238. The molecule has 5 heteroatoms. The molecule has 2 aliphatic rings. The highest BCUT2D eigenvalue weighted by molar-refractivity contribution is 5.86. The number of carbonyl (C=O) groups excluding carboxylic acids is 1. The number of hydrogen-bond acceptors (Lipinski definition) is 4. The zero-order chi connectivity index (χ0) is 17.4. The summed E-state index contributed by atoms with van der Waals surface area (Å²) in [7, 11) is 3.83. The van der Waals surface area contributed by atoms with Gasteiger partial charge in [0, 0.05) is 25.2 Å². The Morgan fingerprint density at radius 3 is 2.24 bits per heavy atom. The van der Waals surface area contributed by atoms with E-state index in [1.54, 1.807) is 7.11 Å². The van der Waals surface area contributed by atoms with Gasteiger partial charge < -0.3 is 14.4 Å². The molecule has 132 valence electrons. The van der Waals surface area contributed by atoms with Gasteiger partial charge in [-0.3, -0.25) is 4.90 Å². The first kappa shape index (κ1) is 16.2. The number of piperazine rings is 1. The monoisotopic (exact) mass is 340 g/mol. The third kappa shape index (κ3) is 3.16. The molecule has 2 aromatic rings. The number of rotatable bonds is 2. The molecule has 4 rings (SSSR count). The Morgan fingerprint density at radius 1 is 1.00 bits per heavy atom. The van der Waals surface area contributed by atoms with E-state index < -0.39 is 0 Å². The Kier molecular flexibility index (Phi) is 4.25. The van der Waals surface area contributed by atoms with E-state index >= 15 is 0 Å². The van der Waals surface area contributed by atoms with E-state index in [2.05, 4.69) is 11.9 Å². The number of nitrogens with zero attached hydrogens (tertiary/aromatic N) is 2. The van der Waals surface area contributed by atoms with Crippen molar-refractivity contribution in [1.29, 1.82) is 0 Å². The number of piperidine rings is 1. The van der Waals surface area contributed by atoms with E-state index in [1.807, 2.05) is 41.3 Å². The predicted octanol–water partition coefficient (Wildman–Crippen LogP) is 3.52. The summed E-state index contributed by atoms with van der Waals surface area (Å²) in [5.41, 5.74) is 0. The standard InChI is InChI=1S/C20H24N2O3/c1-21-16-4-3-5-17(21)13-22(12-16)20(23)25-19-9-7-14-10-18(24-2)8-6-15(14)11-19/h6-11,16-17H,3-5,12-13H2,1-2H3. The fourth-order valence-corrected chi connectivity index (χ4v) is 4.02. The maximum atomic E-state index is 12.6. The molecular formula is C20H24N2O3. The molecule has 2 aromatic carbocycles. The third-order valence-electron chi connectivity index (χ3n) is 5.57. The fourth-order valence-electron chi connectivity index (χ4n) is 4.02. The van der Waals surface area contributed by atoms with Gasteiger partial charge in [0.15, 0.2) is 0 Å². The quantitative estimate of drug-likeness (QED) is 0.839. The highest BCUT2D eigenvalue weighted by Gasteiger charge is 2.37. The van der Waals surface area contributed by atoms with Gasteiger partial charge in [0.1, 0.15) is 11.5 Å². The summed E-state index contributed by atoms with van der Waals surface area (Å²) < 4.78 is 10.9. The number of benzene rings is 2. The van der Waals surface area contributed by atoms with Gasteiger partial charge in [-0.1, -0.05) is 18.6 Å². The zero-order valence-electron chi connectivity index (χ0n) is 14.8. The second-order valence-corrected chi connectivity index (χ2v) is 7.05. The van der Waals surface area contributed by atoms with Crippen molar-refractivity contribution in [1.82, 2.24) is 9.80 Å². The van der Waals surface area contributed by atoms with Crippen LogP contribution in [0.5, 0.6) is 11.5 Å². The van der Waals surface area contributed by atoms with Crippen molar-refractivity contribution in [3.8, 4) is 11.5 Å². The smallest absolute Gasteiger partial charge is 0.415 e. The molecule has 2 bridgehead atoms. The lowest BCUT2D eigenvalue weighted by Crippen LogP contribution is -2.60. The number of likely N-dealkylation sites (N-methyl/N-ethyl adjacent to an activating group) is 1. The fraction of sp³-hybridized carbons (Fsp3) is 0.450. The lowest BCUT2D eigenvalue weighted by Gasteiger charge is -2.47. The average Bonchev–Trinajstić information content (AvgIpc) is 2.61. The second-order valence-electron chi connectivity index (χ2n) is 7.05. The van der Waals surface area contributed by atoms with Crippen LogP contribution in [0.1, 0.15) is 19.3 Å². The third-order valence-corrected chi connectivity index (χ3v) is 5.57. The number of amides is 1. The number of hydrogen-bond donors (Lipinski definition) is 0. The van der Waals surface area contributed by atoms with Crippen LogP contribution >= 0.6 is 0 Å². The largest absolute Gasteiger partial charge is 0.497 e. The van der Waals surface area contributed by atoms with Crippen molar-refractivity contribution >= 4 is 16.9 Å². The van der Waals surface area contributed by atoms with Crippen molar-refractivity contribution in [2.24, 2.45) is 0 Å². The van der Waals surface area contributed by atoms with Crippen molar-refractivity contribution in [3.05, 3.63) is 36.4 Å². The lowest BCUT2D eigenvalue weighted by molar-refractivity contribution is 0.0168. The Labute approximate surface area is 148 Å². The van der Waals surface area contributed by atoms with Gasteiger partial charge in [0.05, 0.1) is 7.11 Å². The number of fused-ring (bicyclic) bond motifs is 3. The van der Waals surface area contributed by atoms with Gasteiger partial charge in [0.25, 0.3) is 0 Å². The predicted molar refractivity (Wildman–Crippen MR) is 97.3 cm³/mol. The molecule has 2 unspecified atom stereocenters. The normalized spacial score (nSPS) is 23.5. The van der Waals surface area contributed by atoms with E-state index in [0.29, 0.717) is 17.8 Å². The van der Waals surface area contributed by atoms with E-state index in [4.69, 9.17) is 9.47 Å². The van der Waals surface area contributed by atoms with Gasteiger partial charge in [-0.25, -0.2) is 4.79 Å². The van der Waals surface area contributed by atoms with E-state index in [-0.39, 0.29) is 6.09 Å². The number of likely N-dealkylation sites (tertiary alicyclic amines) is 1. The number of ether oxygens (including phenoxy) is 2. The van der Waals surface area contributed by atoms with E-state index in [0.717, 1.165) is 42.5 Å². The first-order valence-electron chi connectivity index (χ1n) is 8.90. The first-order valence-corrected chi connectivity index (χ1v) is 8.90. The van der Waals surface area contributed by atoms with E-state index in [1.165, 1.54) is 6.42 Å². The van der Waals surface area contributed by atoms with Crippen LogP contribution in [0.4, 0.5) is 4.79 Å². The molecule has 2 aliphatic heterocycles. The van der Waals surface area contributed by atoms with Crippen LogP contribution in [0.15, 0.2) is 36.4 Å². The van der Waals surface area contributed by atoms with Crippen LogP contribution in [0.25, 0.3) is 10.8 Å². The van der Waals surface area contributed by atoms with Gasteiger partial charge in [-0.05, 0) is 54.9 Å². The molecule has 0 aromatic heterocycles. The SMILES string of the molecule is COc1ccc2cc(OC(=O)N3CC4CCCC(C3)N4C)ccc2c1. The molecule has 2 atom stereocenters. The van der Waals surface area contributed by atoms with E-state index in [9.17, 15) is 4.79 Å². The lowest BCUT2D eigenvalue weighted by atomic mass is 9.92. The molecule has 0 radical (unpaired) electrons.